The van der Waals surface area contributed by atoms with Crippen LogP contribution in [-0.2, 0) is 13.0 Å². The maximum atomic E-state index is 4.58. The Kier molecular flexibility index (Phi) is 3.46. The molecule has 0 radical (unpaired) electrons. The lowest BCUT2D eigenvalue weighted by Gasteiger charge is -2.31. The fourth-order valence-corrected chi connectivity index (χ4v) is 3.09. The minimum Gasteiger partial charge on any atom is -0.354 e. The molecule has 4 heteroatoms. The Bertz CT molecular complexity index is 418. The van der Waals surface area contributed by atoms with Crippen molar-refractivity contribution in [1.29, 1.82) is 0 Å². The van der Waals surface area contributed by atoms with E-state index in [0.717, 1.165) is 26.1 Å². The van der Waals surface area contributed by atoms with Crippen LogP contribution < -0.4 is 10.2 Å². The number of nitrogens with one attached hydrogen (secondary N) is 1. The van der Waals surface area contributed by atoms with E-state index in [1.165, 1.54) is 42.8 Å². The van der Waals surface area contributed by atoms with E-state index in [9.17, 15) is 0 Å². The summed E-state index contributed by atoms with van der Waals surface area (Å²) in [6, 6.07) is 0.605. The number of hydrogen-bond acceptors (Lipinski definition) is 4. The molecule has 0 bridgehead atoms. The van der Waals surface area contributed by atoms with E-state index in [1.807, 2.05) is 0 Å². The fourth-order valence-electron chi connectivity index (χ4n) is 3.09. The van der Waals surface area contributed by atoms with Gasteiger partial charge in [0.15, 0.2) is 0 Å². The topological polar surface area (TPSA) is 41.1 Å². The monoisotopic (exact) mass is 246 g/mol. The normalized spacial score (nSPS) is 24.5. The summed E-state index contributed by atoms with van der Waals surface area (Å²) >= 11 is 0. The second-order valence-corrected chi connectivity index (χ2v) is 5.44. The van der Waals surface area contributed by atoms with Crippen molar-refractivity contribution in [1.82, 2.24) is 15.3 Å². The molecule has 3 rings (SSSR count). The maximum Gasteiger partial charge on any atom is 0.136 e. The average Bonchev–Trinajstić information content (AvgIpc) is 2.63. The molecule has 0 saturated carbocycles. The molecule has 1 aromatic heterocycles. The predicted octanol–water partition coefficient (Wildman–Crippen LogP) is 1.89. The van der Waals surface area contributed by atoms with E-state index >= 15 is 0 Å². The van der Waals surface area contributed by atoms with Crippen LogP contribution in [0.5, 0.6) is 0 Å². The molecule has 0 spiro atoms. The number of nitrogens with zero attached hydrogens (tertiary/aromatic N) is 3. The van der Waals surface area contributed by atoms with Crippen molar-refractivity contribution in [3.05, 3.63) is 17.6 Å². The van der Waals surface area contributed by atoms with E-state index in [-0.39, 0.29) is 0 Å². The van der Waals surface area contributed by atoms with Gasteiger partial charge in [-0.05, 0) is 19.8 Å². The van der Waals surface area contributed by atoms with Crippen LogP contribution in [0.3, 0.4) is 0 Å². The summed E-state index contributed by atoms with van der Waals surface area (Å²) < 4.78 is 0. The molecule has 98 valence electrons. The standard InChI is InChI=1S/C14H22N4/c1-11-5-3-2-4-8-18(11)14-12-9-15-7-6-13(12)16-10-17-14/h10-11,15H,2-9H2,1H3. The van der Waals surface area contributed by atoms with Gasteiger partial charge in [-0.25, -0.2) is 9.97 Å². The SMILES string of the molecule is CC1CCCCCN1c1ncnc2c1CNCC2. The Balaban J connectivity index is 1.94. The molecule has 0 aromatic carbocycles. The van der Waals surface area contributed by atoms with Crippen molar-refractivity contribution in [2.75, 3.05) is 18.0 Å². The molecule has 0 amide bonds. The van der Waals surface area contributed by atoms with Gasteiger partial charge in [-0.2, -0.15) is 0 Å². The molecule has 0 aliphatic carbocycles. The summed E-state index contributed by atoms with van der Waals surface area (Å²) in [6.07, 6.45) is 8.06. The minimum absolute atomic E-state index is 0.605. The van der Waals surface area contributed by atoms with Crippen molar-refractivity contribution >= 4 is 5.82 Å². The maximum absolute atomic E-state index is 4.58. The molecule has 2 aliphatic rings. The molecule has 1 saturated heterocycles. The predicted molar refractivity (Wildman–Crippen MR) is 72.7 cm³/mol. The lowest BCUT2D eigenvalue weighted by Crippen LogP contribution is -2.36. The van der Waals surface area contributed by atoms with Gasteiger partial charge in [0, 0.05) is 37.7 Å². The molecule has 1 N–H and O–H groups in total. The number of fused-ring (bicyclic) bond motifs is 1. The fraction of sp³-hybridized carbons (Fsp3) is 0.714. The largest absolute Gasteiger partial charge is 0.354 e. The molecular formula is C14H22N4. The van der Waals surface area contributed by atoms with Gasteiger partial charge in [-0.1, -0.05) is 12.8 Å². The van der Waals surface area contributed by atoms with Crippen LogP contribution in [0.1, 0.15) is 43.9 Å². The number of aromatic nitrogens is 2. The average molecular weight is 246 g/mol. The van der Waals surface area contributed by atoms with Crippen molar-refractivity contribution in [2.45, 2.75) is 51.6 Å². The lowest BCUT2D eigenvalue weighted by atomic mass is 10.1. The molecule has 3 heterocycles. The highest BCUT2D eigenvalue weighted by molar-refractivity contribution is 5.50. The second kappa shape index (κ2) is 5.22. The summed E-state index contributed by atoms with van der Waals surface area (Å²) in [7, 11) is 0. The van der Waals surface area contributed by atoms with E-state index in [0.29, 0.717) is 6.04 Å². The van der Waals surface area contributed by atoms with Crippen molar-refractivity contribution < 1.29 is 0 Å². The highest BCUT2D eigenvalue weighted by atomic mass is 15.2. The zero-order chi connectivity index (χ0) is 12.4. The van der Waals surface area contributed by atoms with Crippen LogP contribution in [0, 0.1) is 0 Å². The zero-order valence-corrected chi connectivity index (χ0v) is 11.2. The molecule has 18 heavy (non-hydrogen) atoms. The molecule has 1 atom stereocenters. The van der Waals surface area contributed by atoms with Gasteiger partial charge >= 0.3 is 0 Å². The van der Waals surface area contributed by atoms with Gasteiger partial charge in [-0.15, -0.1) is 0 Å². The van der Waals surface area contributed by atoms with E-state index < -0.39 is 0 Å². The van der Waals surface area contributed by atoms with Crippen LogP contribution in [0.25, 0.3) is 0 Å². The summed E-state index contributed by atoms with van der Waals surface area (Å²) in [5.74, 6) is 1.18. The summed E-state index contributed by atoms with van der Waals surface area (Å²) in [5.41, 5.74) is 2.58. The first-order valence-corrected chi connectivity index (χ1v) is 7.16. The number of hydrogen-bond donors (Lipinski definition) is 1. The van der Waals surface area contributed by atoms with Crippen molar-refractivity contribution in [2.24, 2.45) is 0 Å². The first kappa shape index (κ1) is 11.9. The van der Waals surface area contributed by atoms with E-state index in [4.69, 9.17) is 0 Å². The summed E-state index contributed by atoms with van der Waals surface area (Å²) in [4.78, 5) is 11.5. The zero-order valence-electron chi connectivity index (χ0n) is 11.2. The molecule has 1 fully saturated rings. The Labute approximate surface area is 109 Å². The van der Waals surface area contributed by atoms with Crippen molar-refractivity contribution in [3.63, 3.8) is 0 Å². The third-order valence-corrected chi connectivity index (χ3v) is 4.18. The van der Waals surface area contributed by atoms with Crippen LogP contribution in [0.4, 0.5) is 5.82 Å². The lowest BCUT2D eigenvalue weighted by molar-refractivity contribution is 0.588. The van der Waals surface area contributed by atoms with Crippen molar-refractivity contribution in [3.8, 4) is 0 Å². The quantitative estimate of drug-likeness (QED) is 0.821. The molecule has 1 aromatic rings. The van der Waals surface area contributed by atoms with Gasteiger partial charge in [-0.3, -0.25) is 0 Å². The Hall–Kier alpha value is -1.16. The Morgan fingerprint density at radius 1 is 1.28 bits per heavy atom. The van der Waals surface area contributed by atoms with Gasteiger partial charge in [0.1, 0.15) is 12.1 Å². The van der Waals surface area contributed by atoms with Crippen LogP contribution in [-0.4, -0.2) is 29.1 Å². The third kappa shape index (κ3) is 2.21. The molecule has 2 aliphatic heterocycles. The van der Waals surface area contributed by atoms with E-state index in [2.05, 4.69) is 27.1 Å². The highest BCUT2D eigenvalue weighted by Crippen LogP contribution is 2.27. The molecular weight excluding hydrogens is 224 g/mol. The Morgan fingerprint density at radius 3 is 3.17 bits per heavy atom. The highest BCUT2D eigenvalue weighted by Gasteiger charge is 2.23. The van der Waals surface area contributed by atoms with Crippen LogP contribution in [0.15, 0.2) is 6.33 Å². The Morgan fingerprint density at radius 2 is 2.22 bits per heavy atom. The van der Waals surface area contributed by atoms with Crippen LogP contribution in [0.2, 0.25) is 0 Å². The van der Waals surface area contributed by atoms with Crippen LogP contribution >= 0.6 is 0 Å². The molecule has 1 unspecified atom stereocenters. The first-order valence-electron chi connectivity index (χ1n) is 7.16. The van der Waals surface area contributed by atoms with E-state index in [1.54, 1.807) is 6.33 Å². The van der Waals surface area contributed by atoms with Gasteiger partial charge in [0.25, 0.3) is 0 Å². The van der Waals surface area contributed by atoms with Gasteiger partial charge < -0.3 is 10.2 Å². The first-order chi connectivity index (χ1) is 8.86. The number of anilines is 1. The summed E-state index contributed by atoms with van der Waals surface area (Å²) in [6.45, 7) is 5.44. The minimum atomic E-state index is 0.605. The summed E-state index contributed by atoms with van der Waals surface area (Å²) in [5, 5.41) is 3.44. The third-order valence-electron chi connectivity index (χ3n) is 4.18. The smallest absolute Gasteiger partial charge is 0.136 e. The second-order valence-electron chi connectivity index (χ2n) is 5.44. The van der Waals surface area contributed by atoms with Gasteiger partial charge in [0.2, 0.25) is 0 Å². The number of rotatable bonds is 1. The molecule has 4 nitrogen and oxygen atoms in total. The van der Waals surface area contributed by atoms with Gasteiger partial charge in [0.05, 0.1) is 5.69 Å².